The maximum atomic E-state index is 12.1. The fourth-order valence-corrected chi connectivity index (χ4v) is 2.52. The number of aromatic nitrogens is 3. The van der Waals surface area contributed by atoms with Crippen LogP contribution in [-0.2, 0) is 0 Å². The molecule has 2 aromatic heterocycles. The average molecular weight is 430 g/mol. The number of nitro groups is 1. The first-order chi connectivity index (χ1) is 13.0. The third kappa shape index (κ3) is 4.52. The Labute approximate surface area is 161 Å². The molecule has 1 aromatic carbocycles. The molecule has 3 rings (SSSR count). The quantitative estimate of drug-likeness (QED) is 0.401. The first kappa shape index (κ1) is 18.2. The van der Waals surface area contributed by atoms with E-state index in [9.17, 15) is 14.9 Å². The molecule has 0 aliphatic heterocycles. The van der Waals surface area contributed by atoms with E-state index in [1.54, 1.807) is 30.3 Å². The van der Waals surface area contributed by atoms with Crippen LogP contribution in [0, 0.1) is 10.1 Å². The second-order valence-electron chi connectivity index (χ2n) is 5.13. The van der Waals surface area contributed by atoms with Crippen molar-refractivity contribution in [3.8, 4) is 0 Å². The predicted molar refractivity (Wildman–Crippen MR) is 101 cm³/mol. The zero-order valence-corrected chi connectivity index (χ0v) is 15.2. The second-order valence-corrected chi connectivity index (χ2v) is 6.05. The largest absolute Gasteiger partial charge is 0.355 e. The summed E-state index contributed by atoms with van der Waals surface area (Å²) in [7, 11) is 0. The molecule has 0 aliphatic rings. The SMILES string of the molecule is O=C(NNc1ncnc(Nc2cccc(Br)c2)c1[N+](=O)[O-])c1cccnc1. The summed E-state index contributed by atoms with van der Waals surface area (Å²) < 4.78 is 0.797. The number of carbonyl (C=O) groups is 1. The highest BCUT2D eigenvalue weighted by Gasteiger charge is 2.23. The smallest absolute Gasteiger partial charge is 0.334 e. The number of amides is 1. The summed E-state index contributed by atoms with van der Waals surface area (Å²) in [5.74, 6) is -0.700. The van der Waals surface area contributed by atoms with Crippen LogP contribution in [0.4, 0.5) is 23.0 Å². The molecule has 1 amide bonds. The number of hydrogen-bond acceptors (Lipinski definition) is 8. The van der Waals surface area contributed by atoms with Crippen molar-refractivity contribution < 1.29 is 9.72 Å². The number of hydrogen-bond donors (Lipinski definition) is 3. The van der Waals surface area contributed by atoms with Crippen LogP contribution in [0.25, 0.3) is 0 Å². The number of nitrogens with one attached hydrogen (secondary N) is 3. The number of nitrogens with zero attached hydrogens (tertiary/aromatic N) is 4. The lowest BCUT2D eigenvalue weighted by Crippen LogP contribution is -2.30. The van der Waals surface area contributed by atoms with Crippen molar-refractivity contribution in [2.24, 2.45) is 0 Å². The Hall–Kier alpha value is -3.60. The van der Waals surface area contributed by atoms with E-state index in [-0.39, 0.29) is 17.2 Å². The Bertz CT molecular complexity index is 985. The zero-order chi connectivity index (χ0) is 19.2. The minimum Gasteiger partial charge on any atom is -0.334 e. The molecule has 2 heterocycles. The summed E-state index contributed by atoms with van der Waals surface area (Å²) in [5.41, 5.74) is 5.28. The Balaban J connectivity index is 1.83. The molecule has 0 spiro atoms. The van der Waals surface area contributed by atoms with Gasteiger partial charge in [-0.05, 0) is 30.3 Å². The number of halogens is 1. The van der Waals surface area contributed by atoms with Gasteiger partial charge in [0.2, 0.25) is 11.6 Å². The van der Waals surface area contributed by atoms with Crippen LogP contribution in [0.2, 0.25) is 0 Å². The van der Waals surface area contributed by atoms with Gasteiger partial charge in [-0.15, -0.1) is 0 Å². The van der Waals surface area contributed by atoms with E-state index in [2.05, 4.69) is 47.1 Å². The topological polar surface area (TPSA) is 135 Å². The number of hydrazine groups is 1. The van der Waals surface area contributed by atoms with Crippen LogP contribution in [-0.4, -0.2) is 25.8 Å². The van der Waals surface area contributed by atoms with E-state index in [0.717, 1.165) is 10.8 Å². The lowest BCUT2D eigenvalue weighted by Gasteiger charge is -2.11. The summed E-state index contributed by atoms with van der Waals surface area (Å²) in [6.07, 6.45) is 4.04. The molecule has 136 valence electrons. The van der Waals surface area contributed by atoms with Gasteiger partial charge < -0.3 is 5.32 Å². The highest BCUT2D eigenvalue weighted by Crippen LogP contribution is 2.31. The van der Waals surface area contributed by atoms with Crippen molar-refractivity contribution in [2.75, 3.05) is 10.7 Å². The highest BCUT2D eigenvalue weighted by atomic mass is 79.9. The molecule has 0 atom stereocenters. The van der Waals surface area contributed by atoms with Crippen LogP contribution in [0.3, 0.4) is 0 Å². The molecule has 0 bridgehead atoms. The van der Waals surface area contributed by atoms with Crippen molar-refractivity contribution in [3.05, 3.63) is 75.3 Å². The number of pyridine rings is 1. The summed E-state index contributed by atoms with van der Waals surface area (Å²) in [6, 6.07) is 10.2. The van der Waals surface area contributed by atoms with E-state index in [0.29, 0.717) is 5.69 Å². The van der Waals surface area contributed by atoms with Crippen molar-refractivity contribution in [2.45, 2.75) is 0 Å². The molecule has 0 radical (unpaired) electrons. The van der Waals surface area contributed by atoms with Crippen LogP contribution in [0.1, 0.15) is 10.4 Å². The number of anilines is 3. The van der Waals surface area contributed by atoms with Gasteiger partial charge >= 0.3 is 5.69 Å². The van der Waals surface area contributed by atoms with Crippen LogP contribution in [0.15, 0.2) is 59.6 Å². The third-order valence-electron chi connectivity index (χ3n) is 3.31. The Morgan fingerprint density at radius 2 is 1.96 bits per heavy atom. The van der Waals surface area contributed by atoms with Gasteiger partial charge in [-0.1, -0.05) is 22.0 Å². The number of benzene rings is 1. The normalized spacial score (nSPS) is 10.1. The number of rotatable bonds is 6. The fourth-order valence-electron chi connectivity index (χ4n) is 2.12. The van der Waals surface area contributed by atoms with Crippen LogP contribution < -0.4 is 16.2 Å². The average Bonchev–Trinajstić information content (AvgIpc) is 2.66. The second kappa shape index (κ2) is 8.19. The molecule has 10 nitrogen and oxygen atoms in total. The van der Waals surface area contributed by atoms with Gasteiger partial charge in [-0.3, -0.25) is 30.7 Å². The highest BCUT2D eigenvalue weighted by molar-refractivity contribution is 9.10. The van der Waals surface area contributed by atoms with Gasteiger partial charge in [0.25, 0.3) is 5.91 Å². The summed E-state index contributed by atoms with van der Waals surface area (Å²) >= 11 is 3.33. The van der Waals surface area contributed by atoms with E-state index in [1.807, 2.05) is 6.07 Å². The Morgan fingerprint density at radius 3 is 2.67 bits per heavy atom. The maximum absolute atomic E-state index is 12.1. The van der Waals surface area contributed by atoms with Gasteiger partial charge in [0.1, 0.15) is 6.33 Å². The molecule has 0 unspecified atom stereocenters. The van der Waals surface area contributed by atoms with E-state index < -0.39 is 16.5 Å². The van der Waals surface area contributed by atoms with Gasteiger partial charge in [0.05, 0.1) is 10.5 Å². The van der Waals surface area contributed by atoms with Crippen molar-refractivity contribution in [1.82, 2.24) is 20.4 Å². The molecule has 0 saturated heterocycles. The summed E-state index contributed by atoms with van der Waals surface area (Å²) in [6.45, 7) is 0. The molecule has 3 N–H and O–H groups in total. The first-order valence-corrected chi connectivity index (χ1v) is 8.32. The molecule has 0 fully saturated rings. The molecule has 3 aromatic rings. The zero-order valence-electron chi connectivity index (χ0n) is 13.6. The van der Waals surface area contributed by atoms with Crippen molar-refractivity contribution in [3.63, 3.8) is 0 Å². The fraction of sp³-hybridized carbons (Fsp3) is 0. The number of carbonyl (C=O) groups excluding carboxylic acids is 1. The Kier molecular flexibility index (Phi) is 5.52. The van der Waals surface area contributed by atoms with Gasteiger partial charge in [0, 0.05) is 22.6 Å². The van der Waals surface area contributed by atoms with Crippen LogP contribution in [0.5, 0.6) is 0 Å². The molecular weight excluding hydrogens is 418 g/mol. The molecule has 0 saturated carbocycles. The third-order valence-corrected chi connectivity index (χ3v) is 3.80. The van der Waals surface area contributed by atoms with E-state index in [4.69, 9.17) is 0 Å². The van der Waals surface area contributed by atoms with Crippen molar-refractivity contribution >= 4 is 44.8 Å². The molecule has 27 heavy (non-hydrogen) atoms. The lowest BCUT2D eigenvalue weighted by molar-refractivity contribution is -0.383. The van der Waals surface area contributed by atoms with Crippen molar-refractivity contribution in [1.29, 1.82) is 0 Å². The lowest BCUT2D eigenvalue weighted by atomic mass is 10.3. The minimum atomic E-state index is -0.640. The summed E-state index contributed by atoms with van der Waals surface area (Å²) in [4.78, 5) is 34.6. The Morgan fingerprint density at radius 1 is 1.15 bits per heavy atom. The van der Waals surface area contributed by atoms with Crippen LogP contribution >= 0.6 is 15.9 Å². The maximum Gasteiger partial charge on any atom is 0.355 e. The van der Waals surface area contributed by atoms with E-state index >= 15 is 0 Å². The monoisotopic (exact) mass is 429 g/mol. The van der Waals surface area contributed by atoms with Gasteiger partial charge in [0.15, 0.2) is 0 Å². The minimum absolute atomic E-state index is 0.0220. The molecular formula is C16H12BrN7O3. The predicted octanol–water partition coefficient (Wildman–Crippen LogP) is 3.04. The summed E-state index contributed by atoms with van der Waals surface area (Å²) in [5, 5.41) is 14.4. The standard InChI is InChI=1S/C16H12BrN7O3/c17-11-4-1-5-12(7-11)21-14-13(24(26)27)15(20-9-19-14)22-23-16(25)10-3-2-6-18-8-10/h1-9H,(H,23,25)(H2,19,20,21,22). The van der Waals surface area contributed by atoms with E-state index in [1.165, 1.54) is 12.4 Å². The van der Waals surface area contributed by atoms with Gasteiger partial charge in [-0.2, -0.15) is 0 Å². The molecule has 0 aliphatic carbocycles. The molecule has 11 heteroatoms. The van der Waals surface area contributed by atoms with Gasteiger partial charge in [-0.25, -0.2) is 9.97 Å². The first-order valence-electron chi connectivity index (χ1n) is 7.53.